The Hall–Kier alpha value is -2.24. The van der Waals surface area contributed by atoms with Crippen molar-refractivity contribution in [1.29, 1.82) is 5.26 Å². The van der Waals surface area contributed by atoms with Gasteiger partial charge in [-0.3, -0.25) is 13.9 Å². The molecule has 0 spiro atoms. The Labute approximate surface area is 136 Å². The number of aromatic nitrogens is 2. The Morgan fingerprint density at radius 1 is 1.21 bits per heavy atom. The highest BCUT2D eigenvalue weighted by molar-refractivity contribution is 5.52. The molecule has 6 nitrogen and oxygen atoms in total. The van der Waals surface area contributed by atoms with Crippen LogP contribution in [0.5, 0.6) is 0 Å². The van der Waals surface area contributed by atoms with E-state index in [1.54, 1.807) is 6.07 Å². The Bertz CT molecular complexity index is 773. The number of hydrogen-bond donors (Lipinski definition) is 1. The quantitative estimate of drug-likeness (QED) is 0.908. The maximum absolute atomic E-state index is 12.8. The molecule has 1 heterocycles. The van der Waals surface area contributed by atoms with E-state index in [0.717, 1.165) is 15.6 Å². The van der Waals surface area contributed by atoms with Crippen LogP contribution in [0.3, 0.4) is 0 Å². The van der Waals surface area contributed by atoms with Gasteiger partial charge in [0, 0.05) is 26.6 Å². The van der Waals surface area contributed by atoms with Gasteiger partial charge in [-0.2, -0.15) is 18.4 Å². The fourth-order valence-electron chi connectivity index (χ4n) is 3.23. The summed E-state index contributed by atoms with van der Waals surface area (Å²) >= 11 is 0. The standard InChI is InChI=1S/C15H19F3N4O2/c1-21-12(10(8-19)13(23)22(2)14(21)24)20-11-6-4-3-5-9(11)7-15(16,17)18/h9,11,20H,3-7H2,1-2H3/t9-,11-/m0/s1. The van der Waals surface area contributed by atoms with Gasteiger partial charge in [-0.15, -0.1) is 0 Å². The van der Waals surface area contributed by atoms with Gasteiger partial charge in [0.2, 0.25) is 0 Å². The smallest absolute Gasteiger partial charge is 0.367 e. The first-order chi connectivity index (χ1) is 11.2. The molecule has 9 heteroatoms. The van der Waals surface area contributed by atoms with Crippen LogP contribution in [-0.2, 0) is 14.1 Å². The summed E-state index contributed by atoms with van der Waals surface area (Å²) in [6, 6.07) is 1.21. The van der Waals surface area contributed by atoms with Crippen LogP contribution in [0.1, 0.15) is 37.7 Å². The minimum atomic E-state index is -4.28. The Morgan fingerprint density at radius 2 is 1.83 bits per heavy atom. The van der Waals surface area contributed by atoms with Gasteiger partial charge in [-0.1, -0.05) is 12.8 Å². The molecule has 1 aromatic heterocycles. The van der Waals surface area contributed by atoms with E-state index in [4.69, 9.17) is 0 Å². The average molecular weight is 344 g/mol. The van der Waals surface area contributed by atoms with Crippen LogP contribution in [-0.4, -0.2) is 21.4 Å². The van der Waals surface area contributed by atoms with Gasteiger partial charge in [0.1, 0.15) is 11.9 Å². The lowest BCUT2D eigenvalue weighted by Crippen LogP contribution is -2.43. The predicted octanol–water partition coefficient (Wildman–Crippen LogP) is 1.88. The number of nitriles is 1. The van der Waals surface area contributed by atoms with Crippen molar-refractivity contribution >= 4 is 5.82 Å². The van der Waals surface area contributed by atoms with Gasteiger partial charge in [0.15, 0.2) is 5.56 Å². The lowest BCUT2D eigenvalue weighted by atomic mass is 9.82. The molecule has 1 aromatic rings. The molecule has 132 valence electrons. The number of hydrogen-bond acceptors (Lipinski definition) is 4. The molecular formula is C15H19F3N4O2. The summed E-state index contributed by atoms with van der Waals surface area (Å²) in [7, 11) is 2.63. The van der Waals surface area contributed by atoms with Crippen LogP contribution < -0.4 is 16.6 Å². The maximum Gasteiger partial charge on any atom is 0.389 e. The SMILES string of the molecule is Cn1c(N[C@H]2CCCC[C@H]2CC(F)(F)F)c(C#N)c(=O)n(C)c1=O. The van der Waals surface area contributed by atoms with E-state index in [1.165, 1.54) is 14.1 Å². The van der Waals surface area contributed by atoms with Crippen molar-refractivity contribution in [3.63, 3.8) is 0 Å². The molecule has 24 heavy (non-hydrogen) atoms. The fraction of sp³-hybridized carbons (Fsp3) is 0.667. The zero-order chi connectivity index (χ0) is 18.1. The molecule has 1 N–H and O–H groups in total. The van der Waals surface area contributed by atoms with E-state index < -0.39 is 35.8 Å². The van der Waals surface area contributed by atoms with Crippen molar-refractivity contribution in [2.45, 2.75) is 44.3 Å². The first kappa shape index (κ1) is 18.1. The third-order valence-electron chi connectivity index (χ3n) is 4.50. The summed E-state index contributed by atoms with van der Waals surface area (Å²) in [6.45, 7) is 0. The van der Waals surface area contributed by atoms with Crippen molar-refractivity contribution in [3.8, 4) is 6.07 Å². The van der Waals surface area contributed by atoms with E-state index in [1.807, 2.05) is 0 Å². The highest BCUT2D eigenvalue weighted by Crippen LogP contribution is 2.35. The van der Waals surface area contributed by atoms with Crippen LogP contribution in [0.4, 0.5) is 19.0 Å². The molecule has 1 aliphatic rings. The molecule has 1 fully saturated rings. The number of anilines is 1. The fourth-order valence-corrected chi connectivity index (χ4v) is 3.23. The van der Waals surface area contributed by atoms with Crippen molar-refractivity contribution in [2.24, 2.45) is 20.0 Å². The highest BCUT2D eigenvalue weighted by Gasteiger charge is 2.37. The molecule has 0 unspecified atom stereocenters. The summed E-state index contributed by atoms with van der Waals surface area (Å²) in [4.78, 5) is 24.1. The number of nitrogens with one attached hydrogen (secondary N) is 1. The Balaban J connectivity index is 2.41. The molecule has 0 saturated heterocycles. The zero-order valence-electron chi connectivity index (χ0n) is 13.5. The average Bonchev–Trinajstić information content (AvgIpc) is 2.51. The second kappa shape index (κ2) is 6.71. The predicted molar refractivity (Wildman–Crippen MR) is 81.7 cm³/mol. The van der Waals surface area contributed by atoms with Crippen LogP contribution in [0, 0.1) is 17.2 Å². The van der Waals surface area contributed by atoms with Gasteiger partial charge in [0.25, 0.3) is 5.56 Å². The molecule has 1 saturated carbocycles. The first-order valence-electron chi connectivity index (χ1n) is 7.69. The van der Waals surface area contributed by atoms with Gasteiger partial charge >= 0.3 is 11.9 Å². The molecular weight excluding hydrogens is 325 g/mol. The van der Waals surface area contributed by atoms with E-state index in [0.29, 0.717) is 19.3 Å². The van der Waals surface area contributed by atoms with Crippen molar-refractivity contribution < 1.29 is 13.2 Å². The van der Waals surface area contributed by atoms with Gasteiger partial charge in [0.05, 0.1) is 0 Å². The van der Waals surface area contributed by atoms with E-state index >= 15 is 0 Å². The second-order valence-electron chi connectivity index (χ2n) is 6.16. The summed E-state index contributed by atoms with van der Waals surface area (Å²) in [5.41, 5.74) is -1.66. The van der Waals surface area contributed by atoms with Crippen molar-refractivity contribution in [1.82, 2.24) is 9.13 Å². The zero-order valence-corrected chi connectivity index (χ0v) is 13.5. The molecule has 0 radical (unpaired) electrons. The summed E-state index contributed by atoms with van der Waals surface area (Å²) in [5, 5.41) is 12.1. The third kappa shape index (κ3) is 3.63. The highest BCUT2D eigenvalue weighted by atomic mass is 19.4. The molecule has 0 amide bonds. The first-order valence-corrected chi connectivity index (χ1v) is 7.69. The van der Waals surface area contributed by atoms with E-state index in [9.17, 15) is 28.0 Å². The topological polar surface area (TPSA) is 79.8 Å². The number of halogens is 3. The number of nitrogens with zero attached hydrogens (tertiary/aromatic N) is 3. The van der Waals surface area contributed by atoms with Gasteiger partial charge in [-0.25, -0.2) is 4.79 Å². The summed E-state index contributed by atoms with van der Waals surface area (Å²) < 4.78 is 40.2. The maximum atomic E-state index is 12.8. The monoisotopic (exact) mass is 344 g/mol. The Kier molecular flexibility index (Phi) is 5.06. The second-order valence-corrected chi connectivity index (χ2v) is 6.16. The van der Waals surface area contributed by atoms with Gasteiger partial charge in [-0.05, 0) is 18.8 Å². The van der Waals surface area contributed by atoms with Crippen molar-refractivity contribution in [2.75, 3.05) is 5.32 Å². The Morgan fingerprint density at radius 3 is 2.42 bits per heavy atom. The number of rotatable bonds is 3. The molecule has 0 aromatic carbocycles. The molecule has 0 bridgehead atoms. The minimum absolute atomic E-state index is 0.00956. The summed E-state index contributed by atoms with van der Waals surface area (Å²) in [6.07, 6.45) is -2.83. The minimum Gasteiger partial charge on any atom is -0.367 e. The molecule has 1 aliphatic carbocycles. The van der Waals surface area contributed by atoms with Crippen LogP contribution in [0.15, 0.2) is 9.59 Å². The molecule has 2 atom stereocenters. The van der Waals surface area contributed by atoms with Crippen LogP contribution in [0.25, 0.3) is 0 Å². The van der Waals surface area contributed by atoms with Gasteiger partial charge < -0.3 is 5.32 Å². The molecule has 0 aliphatic heterocycles. The largest absolute Gasteiger partial charge is 0.389 e. The number of alkyl halides is 3. The third-order valence-corrected chi connectivity index (χ3v) is 4.50. The normalized spacial score (nSPS) is 21.3. The molecule has 2 rings (SSSR count). The van der Waals surface area contributed by atoms with Crippen LogP contribution in [0.2, 0.25) is 0 Å². The lowest BCUT2D eigenvalue weighted by Gasteiger charge is -2.34. The van der Waals surface area contributed by atoms with E-state index in [-0.39, 0.29) is 11.4 Å². The lowest BCUT2D eigenvalue weighted by molar-refractivity contribution is -0.147. The van der Waals surface area contributed by atoms with Crippen molar-refractivity contribution in [3.05, 3.63) is 26.4 Å². The summed E-state index contributed by atoms with van der Waals surface area (Å²) in [5.74, 6) is -0.658. The van der Waals surface area contributed by atoms with E-state index in [2.05, 4.69) is 5.32 Å². The van der Waals surface area contributed by atoms with Crippen LogP contribution >= 0.6 is 0 Å².